The number of nitrogens with zero attached hydrogens (tertiary/aromatic N) is 1. The summed E-state index contributed by atoms with van der Waals surface area (Å²) in [5.41, 5.74) is 0.815. The number of pyridine rings is 1. The summed E-state index contributed by atoms with van der Waals surface area (Å²) < 4.78 is 24.2. The van der Waals surface area contributed by atoms with E-state index in [0.29, 0.717) is 18.5 Å². The van der Waals surface area contributed by atoms with Crippen molar-refractivity contribution in [1.29, 1.82) is 0 Å². The van der Waals surface area contributed by atoms with Crippen molar-refractivity contribution in [2.75, 3.05) is 13.2 Å². The van der Waals surface area contributed by atoms with Gasteiger partial charge in [0.25, 0.3) is 0 Å². The molecule has 0 saturated heterocycles. The van der Waals surface area contributed by atoms with Gasteiger partial charge in [-0.15, -0.1) is 0 Å². The second kappa shape index (κ2) is 6.17. The zero-order chi connectivity index (χ0) is 15.6. The van der Waals surface area contributed by atoms with E-state index in [9.17, 15) is 4.57 Å². The molecule has 0 saturated carbocycles. The van der Waals surface area contributed by atoms with Crippen LogP contribution in [0.1, 0.15) is 13.8 Å². The first-order valence-electron chi connectivity index (χ1n) is 7.35. The van der Waals surface area contributed by atoms with Crippen LogP contribution in [0.5, 0.6) is 0 Å². The normalized spacial score (nSPS) is 12.1. The van der Waals surface area contributed by atoms with E-state index in [4.69, 9.17) is 9.05 Å². The van der Waals surface area contributed by atoms with E-state index in [0.717, 1.165) is 21.7 Å². The summed E-state index contributed by atoms with van der Waals surface area (Å²) in [6.07, 6.45) is 1.74. The molecule has 0 atom stereocenters. The highest BCUT2D eigenvalue weighted by Crippen LogP contribution is 2.49. The Hall–Kier alpha value is -1.74. The van der Waals surface area contributed by atoms with E-state index in [1.54, 1.807) is 6.20 Å². The average Bonchev–Trinajstić information content (AvgIpc) is 2.54. The lowest BCUT2D eigenvalue weighted by Gasteiger charge is -2.19. The zero-order valence-corrected chi connectivity index (χ0v) is 13.5. The van der Waals surface area contributed by atoms with Crippen molar-refractivity contribution in [2.45, 2.75) is 13.8 Å². The van der Waals surface area contributed by atoms with Gasteiger partial charge in [0.15, 0.2) is 0 Å². The molecule has 0 fully saturated rings. The number of hydrogen-bond acceptors (Lipinski definition) is 4. The first-order valence-corrected chi connectivity index (χ1v) is 8.90. The molecule has 0 aliphatic carbocycles. The highest BCUT2D eigenvalue weighted by molar-refractivity contribution is 7.62. The summed E-state index contributed by atoms with van der Waals surface area (Å²) in [5, 5.41) is 3.40. The predicted molar refractivity (Wildman–Crippen MR) is 89.7 cm³/mol. The van der Waals surface area contributed by atoms with E-state index < -0.39 is 7.60 Å². The molecular weight excluding hydrogens is 297 g/mol. The summed E-state index contributed by atoms with van der Waals surface area (Å²) in [6.45, 7) is 4.28. The summed E-state index contributed by atoms with van der Waals surface area (Å²) in [5.74, 6) is 0. The Labute approximate surface area is 129 Å². The molecular formula is C17H18NO3P. The van der Waals surface area contributed by atoms with Gasteiger partial charge in [0.05, 0.1) is 24.0 Å². The highest BCUT2D eigenvalue weighted by atomic mass is 31.2. The number of hydrogen-bond donors (Lipinski definition) is 0. The molecule has 0 aliphatic rings. The molecule has 22 heavy (non-hydrogen) atoms. The summed E-state index contributed by atoms with van der Waals surface area (Å²) in [6, 6.07) is 13.6. The summed E-state index contributed by atoms with van der Waals surface area (Å²) in [4.78, 5) is 4.47. The maximum absolute atomic E-state index is 13.2. The zero-order valence-electron chi connectivity index (χ0n) is 12.7. The third kappa shape index (κ3) is 2.54. The number of fused-ring (bicyclic) bond motifs is 3. The third-order valence-corrected chi connectivity index (χ3v) is 5.65. The van der Waals surface area contributed by atoms with Gasteiger partial charge >= 0.3 is 7.60 Å². The van der Waals surface area contributed by atoms with Gasteiger partial charge in [0.2, 0.25) is 0 Å². The summed E-state index contributed by atoms with van der Waals surface area (Å²) in [7, 11) is -3.36. The second-order valence-electron chi connectivity index (χ2n) is 4.85. The molecule has 1 heterocycles. The maximum Gasteiger partial charge on any atom is 0.362 e. The molecule has 4 nitrogen and oxygen atoms in total. The van der Waals surface area contributed by atoms with Crippen molar-refractivity contribution in [2.24, 2.45) is 0 Å². The van der Waals surface area contributed by atoms with Gasteiger partial charge in [-0.1, -0.05) is 30.3 Å². The van der Waals surface area contributed by atoms with Gasteiger partial charge in [0.1, 0.15) is 0 Å². The van der Waals surface area contributed by atoms with Crippen molar-refractivity contribution in [3.8, 4) is 0 Å². The quantitative estimate of drug-likeness (QED) is 0.521. The largest absolute Gasteiger partial charge is 0.362 e. The van der Waals surface area contributed by atoms with E-state index in [2.05, 4.69) is 4.98 Å². The smallest absolute Gasteiger partial charge is 0.305 e. The van der Waals surface area contributed by atoms with Crippen LogP contribution < -0.4 is 5.30 Å². The van der Waals surface area contributed by atoms with E-state index in [1.165, 1.54) is 0 Å². The molecule has 2 aromatic carbocycles. The number of aromatic nitrogens is 1. The fourth-order valence-electron chi connectivity index (χ4n) is 2.64. The standard InChI is InChI=1S/C17H18NO3P/c1-3-20-22(19,21-4-2)15-9-5-7-13-10-11-14-8-6-12-18-17(14)16(13)15/h5-12H,3-4H2,1-2H3. The highest BCUT2D eigenvalue weighted by Gasteiger charge is 2.29. The Bertz CT molecular complexity index is 853. The fourth-order valence-corrected chi connectivity index (χ4v) is 4.45. The van der Waals surface area contributed by atoms with Crippen LogP contribution >= 0.6 is 7.60 Å². The van der Waals surface area contributed by atoms with Crippen molar-refractivity contribution < 1.29 is 13.6 Å². The van der Waals surface area contributed by atoms with E-state index in [1.807, 2.05) is 56.3 Å². The molecule has 0 radical (unpaired) electrons. The molecule has 1 aromatic heterocycles. The lowest BCUT2D eigenvalue weighted by Crippen LogP contribution is -2.12. The SMILES string of the molecule is CCOP(=O)(OCC)c1cccc2ccc3cccnc3c12. The van der Waals surface area contributed by atoms with Crippen LogP contribution in [0.3, 0.4) is 0 Å². The molecule has 0 aliphatic heterocycles. The van der Waals surface area contributed by atoms with E-state index >= 15 is 0 Å². The molecule has 0 spiro atoms. The summed E-state index contributed by atoms with van der Waals surface area (Å²) >= 11 is 0. The Morgan fingerprint density at radius 3 is 2.36 bits per heavy atom. The molecule has 114 valence electrons. The van der Waals surface area contributed by atoms with Crippen molar-refractivity contribution in [3.05, 3.63) is 48.7 Å². The van der Waals surface area contributed by atoms with Crippen molar-refractivity contribution >= 4 is 34.6 Å². The molecule has 0 bridgehead atoms. The van der Waals surface area contributed by atoms with Gasteiger partial charge in [-0.2, -0.15) is 0 Å². The molecule has 0 N–H and O–H groups in total. The van der Waals surface area contributed by atoms with Crippen LogP contribution in [0.15, 0.2) is 48.7 Å². The van der Waals surface area contributed by atoms with Gasteiger partial charge in [0, 0.05) is 17.0 Å². The van der Waals surface area contributed by atoms with Crippen LogP contribution in [0, 0.1) is 0 Å². The van der Waals surface area contributed by atoms with Crippen LogP contribution in [-0.4, -0.2) is 18.2 Å². The number of rotatable bonds is 5. The third-order valence-electron chi connectivity index (χ3n) is 3.49. The van der Waals surface area contributed by atoms with Crippen LogP contribution in [0.4, 0.5) is 0 Å². The minimum atomic E-state index is -3.36. The molecule has 3 aromatic rings. The van der Waals surface area contributed by atoms with Gasteiger partial charge in [-0.3, -0.25) is 9.55 Å². The molecule has 0 unspecified atom stereocenters. The van der Waals surface area contributed by atoms with Gasteiger partial charge in [-0.05, 0) is 31.4 Å². The van der Waals surface area contributed by atoms with Crippen LogP contribution in [0.2, 0.25) is 0 Å². The monoisotopic (exact) mass is 315 g/mol. The maximum atomic E-state index is 13.2. The Kier molecular flexibility index (Phi) is 4.25. The van der Waals surface area contributed by atoms with Gasteiger partial charge in [-0.25, -0.2) is 0 Å². The lowest BCUT2D eigenvalue weighted by molar-refractivity contribution is 0.230. The van der Waals surface area contributed by atoms with E-state index in [-0.39, 0.29) is 0 Å². The Morgan fingerprint density at radius 2 is 1.64 bits per heavy atom. The number of benzene rings is 2. The predicted octanol–water partition coefficient (Wildman–Crippen LogP) is 4.28. The topological polar surface area (TPSA) is 48.4 Å². The van der Waals surface area contributed by atoms with Crippen LogP contribution in [-0.2, 0) is 13.6 Å². The fraction of sp³-hybridized carbons (Fsp3) is 0.235. The molecule has 5 heteroatoms. The lowest BCUT2D eigenvalue weighted by atomic mass is 10.1. The van der Waals surface area contributed by atoms with Crippen molar-refractivity contribution in [1.82, 2.24) is 4.98 Å². The molecule has 3 rings (SSSR count). The first-order chi connectivity index (χ1) is 10.7. The minimum absolute atomic E-state index is 0.325. The Morgan fingerprint density at radius 1 is 0.955 bits per heavy atom. The first kappa shape index (κ1) is 15.2. The molecule has 0 amide bonds. The second-order valence-corrected chi connectivity index (χ2v) is 6.84. The minimum Gasteiger partial charge on any atom is -0.305 e. The van der Waals surface area contributed by atoms with Crippen LogP contribution in [0.25, 0.3) is 21.7 Å². The Balaban J connectivity index is 2.38. The average molecular weight is 315 g/mol. The van der Waals surface area contributed by atoms with Gasteiger partial charge < -0.3 is 9.05 Å². The van der Waals surface area contributed by atoms with Crippen molar-refractivity contribution in [3.63, 3.8) is 0 Å².